The lowest BCUT2D eigenvalue weighted by atomic mass is 10.1. The van der Waals surface area contributed by atoms with E-state index in [1.54, 1.807) is 128 Å². The van der Waals surface area contributed by atoms with Crippen molar-refractivity contribution in [3.05, 3.63) is 347 Å². The van der Waals surface area contributed by atoms with Gasteiger partial charge in [0.05, 0.1) is 56.6 Å². The van der Waals surface area contributed by atoms with E-state index in [1.165, 1.54) is 31.5 Å². The molecule has 0 amide bonds. The third-order valence-electron chi connectivity index (χ3n) is 16.0. The van der Waals surface area contributed by atoms with Crippen LogP contribution in [-0.4, -0.2) is 77.5 Å². The number of phenols is 8. The van der Waals surface area contributed by atoms with Gasteiger partial charge in [-0.2, -0.15) is 0 Å². The zero-order valence-electron chi connectivity index (χ0n) is 61.6. The number of rotatable bonds is 17. The zero-order valence-corrected chi connectivity index (χ0v) is 62.4. The van der Waals surface area contributed by atoms with Gasteiger partial charge in [0.25, 0.3) is 5.69 Å². The number of halogens is 1. The van der Waals surface area contributed by atoms with Crippen molar-refractivity contribution in [1.29, 1.82) is 0 Å². The van der Waals surface area contributed by atoms with Gasteiger partial charge in [0, 0.05) is 94.5 Å². The van der Waals surface area contributed by atoms with Crippen molar-refractivity contribution in [2.24, 2.45) is 15.0 Å². The minimum absolute atomic E-state index is 0.0316. The van der Waals surface area contributed by atoms with Gasteiger partial charge in [-0.05, 0) is 191 Å². The number of nitro groups is 1. The van der Waals surface area contributed by atoms with Crippen LogP contribution in [0.2, 0.25) is 5.02 Å². The number of carbonyl (C=O) groups excluding carboxylic acids is 1. The van der Waals surface area contributed by atoms with Crippen LogP contribution < -0.4 is 16.0 Å². The topological polar surface area (TPSA) is 304 Å². The van der Waals surface area contributed by atoms with E-state index in [0.29, 0.717) is 69.7 Å². The summed E-state index contributed by atoms with van der Waals surface area (Å²) < 4.78 is 4.74. The number of aromatic hydroxyl groups is 8. The van der Waals surface area contributed by atoms with Crippen LogP contribution in [0.4, 0.5) is 39.8 Å². The molecule has 0 bridgehead atoms. The Morgan fingerprint density at radius 1 is 0.423 bits per heavy atom. The number of esters is 1. The summed E-state index contributed by atoms with van der Waals surface area (Å²) >= 11 is 5.91. The van der Waals surface area contributed by atoms with Crippen LogP contribution in [0, 0.1) is 81.8 Å². The highest BCUT2D eigenvalue weighted by molar-refractivity contribution is 6.32. The largest absolute Gasteiger partial charge is 0.508 e. The summed E-state index contributed by atoms with van der Waals surface area (Å²) in [7, 11) is 1.35. The van der Waals surface area contributed by atoms with Gasteiger partial charge >= 0.3 is 5.97 Å². The van der Waals surface area contributed by atoms with Crippen LogP contribution in [0.25, 0.3) is 0 Å². The monoisotopic (exact) mass is 1500 g/mol. The second-order valence-corrected chi connectivity index (χ2v) is 25.0. The highest BCUT2D eigenvalue weighted by Crippen LogP contribution is 2.31. The maximum Gasteiger partial charge on any atom is 0.339 e. The molecule has 0 aliphatic carbocycles. The molecule has 0 saturated carbocycles. The van der Waals surface area contributed by atoms with E-state index in [-0.39, 0.29) is 63.2 Å². The quantitative estimate of drug-likeness (QED) is 0.0101. The Hall–Kier alpha value is -14.7. The summed E-state index contributed by atoms with van der Waals surface area (Å²) in [5.41, 5.74) is 15.8. The normalized spacial score (nSPS) is 10.3. The van der Waals surface area contributed by atoms with Gasteiger partial charge in [-0.15, -0.1) is 19.3 Å². The minimum atomic E-state index is -0.529. The molecule has 0 saturated heterocycles. The van der Waals surface area contributed by atoms with Crippen molar-refractivity contribution >= 4 is 76.0 Å². The number of carbonyl (C=O) groups is 1. The molecule has 0 aromatic heterocycles. The third kappa shape index (κ3) is 27.0. The van der Waals surface area contributed by atoms with Crippen molar-refractivity contribution in [2.75, 3.05) is 23.1 Å². The molecule has 12 aromatic carbocycles. The number of anilines is 3. The van der Waals surface area contributed by atoms with Crippen LogP contribution in [0.1, 0.15) is 88.2 Å². The van der Waals surface area contributed by atoms with E-state index in [0.717, 1.165) is 67.0 Å². The van der Waals surface area contributed by atoms with Gasteiger partial charge in [-0.25, -0.2) is 4.79 Å². The first-order valence-electron chi connectivity index (χ1n) is 34.2. The molecule has 0 aliphatic heterocycles. The predicted molar refractivity (Wildman–Crippen MR) is 445 cm³/mol. The van der Waals surface area contributed by atoms with Gasteiger partial charge in [-0.3, -0.25) is 25.1 Å². The number of aryl methyl sites for hydroxylation is 5. The zero-order chi connectivity index (χ0) is 80.4. The van der Waals surface area contributed by atoms with E-state index < -0.39 is 4.92 Å². The lowest BCUT2D eigenvalue weighted by molar-refractivity contribution is -0.385. The number of phenolic OH excluding ortho intramolecular Hbond substituents is 8. The highest BCUT2D eigenvalue weighted by atomic mass is 35.5. The first-order chi connectivity index (χ1) is 53.3. The summed E-state index contributed by atoms with van der Waals surface area (Å²) in [6.07, 6.45) is 20.5. The molecule has 0 fully saturated rings. The number of para-hydroxylation sites is 5. The average Bonchev–Trinajstić information content (AvgIpc) is 0.863. The van der Waals surface area contributed by atoms with Gasteiger partial charge in [0.1, 0.15) is 46.0 Å². The van der Waals surface area contributed by atoms with Crippen LogP contribution >= 0.6 is 11.6 Å². The third-order valence-corrected chi connectivity index (χ3v) is 16.3. The summed E-state index contributed by atoms with van der Waals surface area (Å²) in [6, 6.07) is 71.9. The molecule has 20 heteroatoms. The number of ether oxygens (including phenoxy) is 1. The fourth-order valence-corrected chi connectivity index (χ4v) is 10.5. The van der Waals surface area contributed by atoms with Crippen molar-refractivity contribution in [3.63, 3.8) is 0 Å². The van der Waals surface area contributed by atoms with Crippen molar-refractivity contribution in [1.82, 2.24) is 0 Å². The number of nitro benzene ring substituents is 1. The molecule has 19 nitrogen and oxygen atoms in total. The molecule has 560 valence electrons. The Morgan fingerprint density at radius 3 is 1.24 bits per heavy atom. The number of hydrogen-bond acceptors (Lipinski definition) is 18. The Kier molecular flexibility index (Phi) is 31.9. The Balaban J connectivity index is 0.000000185. The molecule has 0 radical (unpaired) electrons. The number of hydrogen-bond donors (Lipinski definition) is 11. The summed E-state index contributed by atoms with van der Waals surface area (Å²) in [5, 5.41) is 97.8. The molecular weight excluding hydrogens is 1420 g/mol. The van der Waals surface area contributed by atoms with Gasteiger partial charge in [-0.1, -0.05) is 143 Å². The van der Waals surface area contributed by atoms with Crippen molar-refractivity contribution in [3.8, 4) is 83.0 Å². The van der Waals surface area contributed by atoms with E-state index in [9.17, 15) is 55.8 Å². The summed E-state index contributed by atoms with van der Waals surface area (Å²) in [5.74, 6) is 8.58. The van der Waals surface area contributed by atoms with Crippen LogP contribution in [0.15, 0.2) is 264 Å². The van der Waals surface area contributed by atoms with Crippen molar-refractivity contribution in [2.45, 2.75) is 54.3 Å². The minimum Gasteiger partial charge on any atom is -0.508 e. The number of aliphatic imine (C=N–C) groups is 3. The Bertz CT molecular complexity index is 5350. The van der Waals surface area contributed by atoms with E-state index in [1.807, 2.05) is 150 Å². The lowest BCUT2D eigenvalue weighted by Crippen LogP contribution is -2.08. The maximum absolute atomic E-state index is 11.7. The van der Waals surface area contributed by atoms with Crippen LogP contribution in [0.5, 0.6) is 46.0 Å². The fraction of sp³-hybridized carbons (Fsp3) is 0.0989. The number of benzene rings is 12. The molecular formula is C91H82ClN7O12. The molecule has 0 heterocycles. The Labute approximate surface area is 650 Å². The highest BCUT2D eigenvalue weighted by Gasteiger charge is 2.15. The van der Waals surface area contributed by atoms with Gasteiger partial charge in [0.15, 0.2) is 0 Å². The Morgan fingerprint density at radius 2 is 0.820 bits per heavy atom. The molecule has 0 aliphatic rings. The van der Waals surface area contributed by atoms with Crippen molar-refractivity contribution < 1.29 is 55.3 Å². The molecule has 0 unspecified atom stereocenters. The molecule has 0 spiro atoms. The number of terminal acetylenes is 3. The smallest absolute Gasteiger partial charge is 0.339 e. The second kappa shape index (κ2) is 42.4. The maximum atomic E-state index is 11.7. The fourth-order valence-electron chi connectivity index (χ4n) is 10.2. The van der Waals surface area contributed by atoms with E-state index in [2.05, 4.69) is 48.7 Å². The average molecular weight is 1500 g/mol. The number of nitrogens with one attached hydrogen (secondary N) is 3. The molecule has 12 rings (SSSR count). The second-order valence-electron chi connectivity index (χ2n) is 24.6. The van der Waals surface area contributed by atoms with E-state index in [4.69, 9.17) is 35.6 Å². The molecule has 111 heavy (non-hydrogen) atoms. The standard InChI is InChI=1S/C16H12ClNO.C16H17NO3.C16H13NO.C15H10N2O3.2C14H15NO2/c1-3-12-5-4-6-14(9-12)18-10-13-7-11(2)8-15(17)16(13)19;1-11-7-8-15(18)12(9-11)10-17-14-6-4-3-5-13(14)16(19)20-2;1-3-13-5-4-6-15(10-13)17-11-14-8-7-12(2)9-16(14)18;1-2-11-4-3-5-13(8-11)16-10-12-9-14(18)6-7-15(12)17(19)20;2*1-10-6-7-13(16)11(8-10)9-15-12-4-2-3-5-14(12)17/h1,4-10,19H,2H3;3-9,17-18H,10H2,1-2H3;1,4-11,18H,2H3;1,3-10,18H;2*2-8,15-17H,9H2,1H3. The first kappa shape index (κ1) is 83.6. The SMILES string of the molecule is C#Cc1cccc(N=Cc2cc(C)cc(Cl)c2O)c1.C#Cc1cccc(N=Cc2cc(O)ccc2[N+](=O)[O-])c1.C#Cc1cccc(N=Cc2ccc(C)cc2O)c1.COC(=O)c1ccccc1NCc1cc(C)ccc1O.Cc1ccc(O)c(CNc2ccccc2O)c1.Cc1ccc(O)c(CNc2ccccc2O)c1. The predicted octanol–water partition coefficient (Wildman–Crippen LogP) is 19.7. The number of methoxy groups -OCH3 is 1. The lowest BCUT2D eigenvalue weighted by Gasteiger charge is -2.12. The molecule has 11 N–H and O–H groups in total. The van der Waals surface area contributed by atoms with Crippen LogP contribution in [0.3, 0.4) is 0 Å². The summed E-state index contributed by atoms with van der Waals surface area (Å²) in [6.45, 7) is 11.1. The molecule has 0 atom stereocenters. The number of nitrogens with zero attached hydrogens (tertiary/aromatic N) is 4. The van der Waals surface area contributed by atoms with E-state index >= 15 is 0 Å². The first-order valence-corrected chi connectivity index (χ1v) is 34.6. The van der Waals surface area contributed by atoms with Crippen LogP contribution in [-0.2, 0) is 24.4 Å². The van der Waals surface area contributed by atoms with Gasteiger partial charge < -0.3 is 61.5 Å². The molecule has 12 aromatic rings. The van der Waals surface area contributed by atoms with Gasteiger partial charge in [0.2, 0.25) is 0 Å². The summed E-state index contributed by atoms with van der Waals surface area (Å²) in [4.78, 5) is 34.7.